The number of aryl methyl sites for hydroxylation is 2. The summed E-state index contributed by atoms with van der Waals surface area (Å²) in [6, 6.07) is 6.64. The number of aromatic nitrogens is 2. The number of carboxylic acids is 1. The molecule has 1 aliphatic carbocycles. The summed E-state index contributed by atoms with van der Waals surface area (Å²) in [6.45, 7) is 6.89. The number of carbonyl (C=O) groups is 3. The molecule has 1 aliphatic heterocycles. The monoisotopic (exact) mass is 536 g/mol. The second-order valence-electron chi connectivity index (χ2n) is 11.8. The van der Waals surface area contributed by atoms with E-state index in [2.05, 4.69) is 15.5 Å². The maximum absolute atomic E-state index is 13.6. The van der Waals surface area contributed by atoms with Crippen LogP contribution in [0.3, 0.4) is 0 Å². The Kier molecular flexibility index (Phi) is 8.57. The van der Waals surface area contributed by atoms with Crippen molar-refractivity contribution < 1.29 is 19.5 Å². The predicted molar refractivity (Wildman–Crippen MR) is 148 cm³/mol. The molecule has 2 amide bonds. The molecule has 9 nitrogen and oxygen atoms in total. The summed E-state index contributed by atoms with van der Waals surface area (Å²) >= 11 is 0. The van der Waals surface area contributed by atoms with Gasteiger partial charge in [0, 0.05) is 29.6 Å². The lowest BCUT2D eigenvalue weighted by molar-refractivity contribution is -0.153. The summed E-state index contributed by atoms with van der Waals surface area (Å²) in [5.41, 5.74) is 2.22. The van der Waals surface area contributed by atoms with Gasteiger partial charge in [0.1, 0.15) is 0 Å². The molecule has 9 heteroatoms. The van der Waals surface area contributed by atoms with Gasteiger partial charge in [0.15, 0.2) is 0 Å². The summed E-state index contributed by atoms with van der Waals surface area (Å²) in [6.07, 6.45) is 7.45. The van der Waals surface area contributed by atoms with E-state index < -0.39 is 17.4 Å². The lowest BCUT2D eigenvalue weighted by atomic mass is 9.82. The maximum atomic E-state index is 13.6. The smallest absolute Gasteiger partial charge is 0.311 e. The van der Waals surface area contributed by atoms with E-state index in [0.29, 0.717) is 29.9 Å². The van der Waals surface area contributed by atoms with Crippen molar-refractivity contribution in [1.29, 1.82) is 0 Å². The van der Waals surface area contributed by atoms with Crippen molar-refractivity contribution in [3.05, 3.63) is 62.6 Å². The SMILES string of the molecule is Cc1cc(Cc2ccc(C(=O)NCC(=O)N3[C@H](C4CCCCC4)CC[C@@H]3C(C)(C)C(=O)O)cc2C)c(=O)[nH]n1. The minimum absolute atomic E-state index is 0.0137. The number of carbonyl (C=O) groups excluding carboxylic acids is 2. The highest BCUT2D eigenvalue weighted by Crippen LogP contribution is 2.42. The number of hydrogen-bond donors (Lipinski definition) is 3. The first-order chi connectivity index (χ1) is 18.5. The Morgan fingerprint density at radius 1 is 1.05 bits per heavy atom. The van der Waals surface area contributed by atoms with Gasteiger partial charge in [0.05, 0.1) is 17.7 Å². The van der Waals surface area contributed by atoms with Crippen LogP contribution < -0.4 is 10.9 Å². The van der Waals surface area contributed by atoms with Crippen molar-refractivity contribution in [3.8, 4) is 0 Å². The van der Waals surface area contributed by atoms with E-state index in [1.807, 2.05) is 19.9 Å². The predicted octanol–water partition coefficient (Wildman–Crippen LogP) is 3.76. The second-order valence-corrected chi connectivity index (χ2v) is 11.8. The Labute approximate surface area is 229 Å². The number of hydrogen-bond acceptors (Lipinski definition) is 5. The van der Waals surface area contributed by atoms with Crippen LogP contribution in [0.15, 0.2) is 29.1 Å². The van der Waals surface area contributed by atoms with Crippen LogP contribution in [0.2, 0.25) is 0 Å². The van der Waals surface area contributed by atoms with Gasteiger partial charge < -0.3 is 15.3 Å². The van der Waals surface area contributed by atoms with Crippen LogP contribution in [0.1, 0.15) is 91.5 Å². The molecule has 1 saturated carbocycles. The first-order valence-electron chi connectivity index (χ1n) is 14.0. The van der Waals surface area contributed by atoms with E-state index >= 15 is 0 Å². The number of nitrogens with zero attached hydrogens (tertiary/aromatic N) is 2. The van der Waals surface area contributed by atoms with E-state index in [1.165, 1.54) is 6.42 Å². The van der Waals surface area contributed by atoms with Crippen LogP contribution in [0, 0.1) is 25.2 Å². The Balaban J connectivity index is 1.46. The van der Waals surface area contributed by atoms with Crippen LogP contribution in [0.5, 0.6) is 0 Å². The van der Waals surface area contributed by atoms with E-state index in [-0.39, 0.29) is 30.0 Å². The fourth-order valence-electron chi connectivity index (χ4n) is 6.31. The number of aliphatic carboxylic acids is 1. The molecular formula is C30H40N4O5. The van der Waals surface area contributed by atoms with Crippen LogP contribution in [-0.4, -0.2) is 56.6 Å². The number of nitrogens with one attached hydrogen (secondary N) is 2. The Bertz CT molecular complexity index is 1290. The molecule has 210 valence electrons. The third-order valence-corrected chi connectivity index (χ3v) is 8.69. The fraction of sp³-hybridized carbons (Fsp3) is 0.567. The van der Waals surface area contributed by atoms with Crippen molar-refractivity contribution in [2.45, 2.75) is 91.1 Å². The molecule has 2 heterocycles. The average Bonchev–Trinajstić information content (AvgIpc) is 3.37. The summed E-state index contributed by atoms with van der Waals surface area (Å²) in [5.74, 6) is -1.13. The summed E-state index contributed by atoms with van der Waals surface area (Å²) < 4.78 is 0. The minimum atomic E-state index is -1.08. The molecule has 1 saturated heterocycles. The first kappa shape index (κ1) is 28.5. The average molecular weight is 537 g/mol. The molecule has 2 atom stereocenters. The molecular weight excluding hydrogens is 496 g/mol. The van der Waals surface area contributed by atoms with Gasteiger partial charge in [0.25, 0.3) is 11.5 Å². The summed E-state index contributed by atoms with van der Waals surface area (Å²) in [4.78, 5) is 52.6. The van der Waals surface area contributed by atoms with E-state index in [9.17, 15) is 24.3 Å². The molecule has 39 heavy (non-hydrogen) atoms. The third kappa shape index (κ3) is 6.23. The van der Waals surface area contributed by atoms with Crippen LogP contribution in [0.25, 0.3) is 0 Å². The van der Waals surface area contributed by atoms with Crippen molar-refractivity contribution in [3.63, 3.8) is 0 Å². The molecule has 0 radical (unpaired) electrons. The molecule has 0 bridgehead atoms. The number of likely N-dealkylation sites (tertiary alicyclic amines) is 1. The van der Waals surface area contributed by atoms with Gasteiger partial charge >= 0.3 is 5.97 Å². The fourth-order valence-corrected chi connectivity index (χ4v) is 6.31. The molecule has 4 rings (SSSR count). The number of rotatable bonds is 8. The van der Waals surface area contributed by atoms with E-state index in [0.717, 1.165) is 48.9 Å². The Hall–Kier alpha value is -3.49. The summed E-state index contributed by atoms with van der Waals surface area (Å²) in [5, 5.41) is 19.1. The topological polar surface area (TPSA) is 132 Å². The normalized spacial score (nSPS) is 20.2. The quantitative estimate of drug-likeness (QED) is 0.471. The largest absolute Gasteiger partial charge is 0.481 e. The van der Waals surface area contributed by atoms with Crippen molar-refractivity contribution in [1.82, 2.24) is 20.4 Å². The van der Waals surface area contributed by atoms with Gasteiger partial charge in [-0.05, 0) is 88.6 Å². The Morgan fingerprint density at radius 3 is 2.44 bits per heavy atom. The number of carboxylic acid groups (broad SMARTS) is 1. The summed E-state index contributed by atoms with van der Waals surface area (Å²) in [7, 11) is 0. The zero-order valence-corrected chi connectivity index (χ0v) is 23.4. The van der Waals surface area contributed by atoms with Gasteiger partial charge in [-0.2, -0.15) is 5.10 Å². The highest BCUT2D eigenvalue weighted by molar-refractivity contribution is 5.97. The highest BCUT2D eigenvalue weighted by atomic mass is 16.4. The number of H-pyrrole nitrogens is 1. The van der Waals surface area contributed by atoms with Gasteiger partial charge in [-0.25, -0.2) is 5.10 Å². The zero-order chi connectivity index (χ0) is 28.3. The maximum Gasteiger partial charge on any atom is 0.311 e. The van der Waals surface area contributed by atoms with Crippen LogP contribution in [-0.2, 0) is 16.0 Å². The second kappa shape index (κ2) is 11.7. The molecule has 2 aliphatic rings. The molecule has 0 spiro atoms. The first-order valence-corrected chi connectivity index (χ1v) is 14.0. The number of amides is 2. The van der Waals surface area contributed by atoms with Gasteiger partial charge in [-0.3, -0.25) is 19.2 Å². The molecule has 0 unspecified atom stereocenters. The zero-order valence-electron chi connectivity index (χ0n) is 23.4. The molecule has 1 aromatic carbocycles. The molecule has 1 aromatic heterocycles. The Morgan fingerprint density at radius 2 is 1.77 bits per heavy atom. The van der Waals surface area contributed by atoms with E-state index in [4.69, 9.17) is 0 Å². The molecule has 2 aromatic rings. The van der Waals surface area contributed by atoms with Crippen molar-refractivity contribution in [2.24, 2.45) is 11.3 Å². The van der Waals surface area contributed by atoms with Crippen LogP contribution in [0.4, 0.5) is 0 Å². The number of benzene rings is 1. The van der Waals surface area contributed by atoms with Gasteiger partial charge in [-0.15, -0.1) is 0 Å². The van der Waals surface area contributed by atoms with Crippen molar-refractivity contribution >= 4 is 17.8 Å². The minimum Gasteiger partial charge on any atom is -0.481 e. The third-order valence-electron chi connectivity index (χ3n) is 8.69. The standard InChI is InChI=1S/C30H40N4O5/c1-18-14-22(11-10-21(18)16-23-15-19(2)32-33-28(23)37)27(36)31-17-26(35)34-24(20-8-6-5-7-9-20)12-13-25(34)30(3,4)29(38)39/h10-11,14-15,20,24-25H,5-9,12-13,16-17H2,1-4H3,(H,31,36)(H,33,37)(H,38,39)/t24-,25+/m0/s1. The van der Waals surface area contributed by atoms with Crippen LogP contribution >= 0.6 is 0 Å². The number of aromatic amines is 1. The lowest BCUT2D eigenvalue weighted by Gasteiger charge is -2.41. The highest BCUT2D eigenvalue weighted by Gasteiger charge is 2.50. The van der Waals surface area contributed by atoms with Gasteiger partial charge in [0.2, 0.25) is 5.91 Å². The van der Waals surface area contributed by atoms with E-state index in [1.54, 1.807) is 36.9 Å². The van der Waals surface area contributed by atoms with Crippen molar-refractivity contribution in [2.75, 3.05) is 6.54 Å². The van der Waals surface area contributed by atoms with Gasteiger partial charge in [-0.1, -0.05) is 25.3 Å². The lowest BCUT2D eigenvalue weighted by Crippen LogP contribution is -2.54. The molecule has 3 N–H and O–H groups in total. The molecule has 2 fully saturated rings.